The largest absolute Gasteiger partial charge is 0.460 e. The van der Waals surface area contributed by atoms with Gasteiger partial charge in [-0.15, -0.1) is 0 Å². The highest BCUT2D eigenvalue weighted by atomic mass is 16.6. The van der Waals surface area contributed by atoms with Crippen LogP contribution in [-0.2, 0) is 14.3 Å². The van der Waals surface area contributed by atoms with E-state index >= 15 is 0 Å². The van der Waals surface area contributed by atoms with Gasteiger partial charge in [0.2, 0.25) is 0 Å². The third-order valence-corrected chi connectivity index (χ3v) is 5.18. The minimum atomic E-state index is -0.476. The fourth-order valence-corrected chi connectivity index (χ4v) is 3.61. The van der Waals surface area contributed by atoms with E-state index in [0.717, 1.165) is 24.0 Å². The summed E-state index contributed by atoms with van der Waals surface area (Å²) in [5.41, 5.74) is 2.32. The lowest BCUT2D eigenvalue weighted by Crippen LogP contribution is -2.36. The first-order valence-corrected chi connectivity index (χ1v) is 9.21. The Bertz CT molecular complexity index is 620. The fraction of sp³-hybridized carbons (Fsp3) is 0.619. The van der Waals surface area contributed by atoms with Crippen LogP contribution in [0.25, 0.3) is 0 Å². The second-order valence-electron chi connectivity index (χ2n) is 7.75. The van der Waals surface area contributed by atoms with Crippen LogP contribution in [0, 0.1) is 31.6 Å². The van der Waals surface area contributed by atoms with Gasteiger partial charge in [0.1, 0.15) is 6.10 Å². The molecule has 0 spiro atoms. The van der Waals surface area contributed by atoms with Crippen LogP contribution in [-0.4, -0.2) is 24.6 Å². The van der Waals surface area contributed by atoms with E-state index in [9.17, 15) is 9.59 Å². The normalized spacial score (nSPS) is 23.4. The zero-order valence-corrected chi connectivity index (χ0v) is 16.0. The van der Waals surface area contributed by atoms with Gasteiger partial charge in [-0.25, -0.2) is 9.59 Å². The van der Waals surface area contributed by atoms with Crippen LogP contribution in [0.5, 0.6) is 0 Å². The van der Waals surface area contributed by atoms with Crippen molar-refractivity contribution in [3.8, 4) is 0 Å². The van der Waals surface area contributed by atoms with Crippen molar-refractivity contribution in [1.29, 1.82) is 0 Å². The third kappa shape index (κ3) is 5.32. The quantitative estimate of drug-likeness (QED) is 0.739. The minimum Gasteiger partial charge on any atom is -0.460 e. The number of esters is 2. The van der Waals surface area contributed by atoms with Gasteiger partial charge in [-0.1, -0.05) is 44.9 Å². The summed E-state index contributed by atoms with van der Waals surface area (Å²) in [6, 6.07) is 5.60. The van der Waals surface area contributed by atoms with Gasteiger partial charge in [0.05, 0.1) is 5.56 Å². The smallest absolute Gasteiger partial charge is 0.344 e. The van der Waals surface area contributed by atoms with Crippen molar-refractivity contribution in [1.82, 2.24) is 0 Å². The summed E-state index contributed by atoms with van der Waals surface area (Å²) in [4.78, 5) is 24.4. The first-order valence-electron chi connectivity index (χ1n) is 9.21. The maximum atomic E-state index is 12.2. The van der Waals surface area contributed by atoms with Gasteiger partial charge in [-0.05, 0) is 56.1 Å². The summed E-state index contributed by atoms with van der Waals surface area (Å²) >= 11 is 0. The monoisotopic (exact) mass is 346 g/mol. The van der Waals surface area contributed by atoms with Gasteiger partial charge in [0, 0.05) is 0 Å². The maximum absolute atomic E-state index is 12.2. The molecule has 138 valence electrons. The highest BCUT2D eigenvalue weighted by Crippen LogP contribution is 2.35. The average Bonchev–Trinajstić information content (AvgIpc) is 2.54. The van der Waals surface area contributed by atoms with E-state index in [4.69, 9.17) is 9.47 Å². The molecule has 0 radical (unpaired) electrons. The Hall–Kier alpha value is -1.84. The van der Waals surface area contributed by atoms with Crippen LogP contribution in [0.3, 0.4) is 0 Å². The Kier molecular flexibility index (Phi) is 6.63. The molecule has 0 unspecified atom stereocenters. The van der Waals surface area contributed by atoms with Gasteiger partial charge < -0.3 is 9.47 Å². The first-order chi connectivity index (χ1) is 11.8. The van der Waals surface area contributed by atoms with Crippen LogP contribution in [0.1, 0.15) is 61.5 Å². The van der Waals surface area contributed by atoms with Crippen molar-refractivity contribution in [3.63, 3.8) is 0 Å². The summed E-state index contributed by atoms with van der Waals surface area (Å²) in [5.74, 6) is 0.488. The molecule has 0 amide bonds. The first kappa shape index (κ1) is 19.5. The second kappa shape index (κ2) is 8.50. The zero-order valence-electron chi connectivity index (χ0n) is 16.0. The third-order valence-electron chi connectivity index (χ3n) is 5.18. The number of aryl methyl sites for hydroxylation is 2. The van der Waals surface area contributed by atoms with Crippen molar-refractivity contribution < 1.29 is 19.1 Å². The lowest BCUT2D eigenvalue weighted by atomic mass is 9.75. The van der Waals surface area contributed by atoms with Crippen molar-refractivity contribution in [3.05, 3.63) is 34.9 Å². The zero-order chi connectivity index (χ0) is 18.6. The molecule has 4 nitrogen and oxygen atoms in total. The fourth-order valence-electron chi connectivity index (χ4n) is 3.61. The molecule has 1 saturated carbocycles. The predicted molar refractivity (Wildman–Crippen MR) is 97.4 cm³/mol. The number of ether oxygens (including phenoxy) is 2. The Morgan fingerprint density at radius 1 is 1.20 bits per heavy atom. The van der Waals surface area contributed by atoms with Gasteiger partial charge in [0.25, 0.3) is 0 Å². The van der Waals surface area contributed by atoms with Crippen molar-refractivity contribution in [2.24, 2.45) is 17.8 Å². The molecule has 0 saturated heterocycles. The van der Waals surface area contributed by atoms with E-state index < -0.39 is 11.9 Å². The molecule has 0 heterocycles. The van der Waals surface area contributed by atoms with Gasteiger partial charge in [0.15, 0.2) is 6.61 Å². The van der Waals surface area contributed by atoms with Crippen molar-refractivity contribution in [2.45, 2.75) is 60.0 Å². The lowest BCUT2D eigenvalue weighted by Gasteiger charge is -2.36. The molecule has 0 aromatic heterocycles. The number of benzene rings is 1. The molecule has 1 aliphatic rings. The number of carbonyl (C=O) groups is 2. The molecular weight excluding hydrogens is 316 g/mol. The van der Waals surface area contributed by atoms with E-state index in [-0.39, 0.29) is 12.7 Å². The maximum Gasteiger partial charge on any atom is 0.344 e. The van der Waals surface area contributed by atoms with Gasteiger partial charge >= 0.3 is 11.9 Å². The highest BCUT2D eigenvalue weighted by Gasteiger charge is 2.33. The van der Waals surface area contributed by atoms with Crippen LogP contribution < -0.4 is 0 Å². The molecule has 4 heteroatoms. The van der Waals surface area contributed by atoms with Crippen LogP contribution in [0.2, 0.25) is 0 Å². The molecule has 0 bridgehead atoms. The van der Waals surface area contributed by atoms with E-state index in [1.165, 1.54) is 6.42 Å². The summed E-state index contributed by atoms with van der Waals surface area (Å²) in [5, 5.41) is 0. The minimum absolute atomic E-state index is 0.0735. The predicted octanol–water partition coefficient (Wildman–Crippen LogP) is 4.46. The molecule has 1 aromatic rings. The van der Waals surface area contributed by atoms with E-state index in [0.29, 0.717) is 23.3 Å². The highest BCUT2D eigenvalue weighted by molar-refractivity contribution is 5.92. The molecule has 0 aliphatic heterocycles. The SMILES string of the molecule is Cc1ccc(C)c(C(=O)OCC(=O)O[C@@H]2C[C@@H](C)CC[C@@H]2C(C)C)c1. The van der Waals surface area contributed by atoms with E-state index in [1.807, 2.05) is 26.0 Å². The van der Waals surface area contributed by atoms with Crippen LogP contribution >= 0.6 is 0 Å². The average molecular weight is 346 g/mol. The molecule has 1 fully saturated rings. The molecule has 3 atom stereocenters. The van der Waals surface area contributed by atoms with Crippen molar-refractivity contribution in [2.75, 3.05) is 6.61 Å². The Morgan fingerprint density at radius 3 is 2.60 bits per heavy atom. The number of rotatable bonds is 5. The Morgan fingerprint density at radius 2 is 1.92 bits per heavy atom. The lowest BCUT2D eigenvalue weighted by molar-refractivity contribution is -0.159. The summed E-state index contributed by atoms with van der Waals surface area (Å²) < 4.78 is 10.8. The Balaban J connectivity index is 1.91. The van der Waals surface area contributed by atoms with E-state index in [2.05, 4.69) is 20.8 Å². The number of hydrogen-bond acceptors (Lipinski definition) is 4. The molecule has 2 rings (SSSR count). The van der Waals surface area contributed by atoms with Crippen molar-refractivity contribution >= 4 is 11.9 Å². The number of carbonyl (C=O) groups excluding carboxylic acids is 2. The molecule has 1 aliphatic carbocycles. The molecular formula is C21H30O4. The van der Waals surface area contributed by atoms with Gasteiger partial charge in [-0.3, -0.25) is 0 Å². The topological polar surface area (TPSA) is 52.6 Å². The van der Waals surface area contributed by atoms with Crippen LogP contribution in [0.15, 0.2) is 18.2 Å². The Labute approximate surface area is 150 Å². The molecule has 25 heavy (non-hydrogen) atoms. The van der Waals surface area contributed by atoms with Crippen LogP contribution in [0.4, 0.5) is 0 Å². The summed E-state index contributed by atoms with van der Waals surface area (Å²) in [7, 11) is 0. The standard InChI is InChI=1S/C21H30O4/c1-13(2)17-9-7-15(4)11-19(17)25-20(22)12-24-21(23)18-10-14(3)6-8-16(18)5/h6,8,10,13,15,17,19H,7,9,11-12H2,1-5H3/t15-,17+,19+/m0/s1. The molecule has 0 N–H and O–H groups in total. The van der Waals surface area contributed by atoms with E-state index in [1.54, 1.807) is 6.07 Å². The second-order valence-corrected chi connectivity index (χ2v) is 7.75. The molecule has 1 aromatic carbocycles. The summed E-state index contributed by atoms with van der Waals surface area (Å²) in [6.45, 7) is 9.97. The number of hydrogen-bond donors (Lipinski definition) is 0. The summed E-state index contributed by atoms with van der Waals surface area (Å²) in [6.07, 6.45) is 3.08. The van der Waals surface area contributed by atoms with Gasteiger partial charge in [-0.2, -0.15) is 0 Å².